The van der Waals surface area contributed by atoms with Crippen LogP contribution in [0.15, 0.2) is 24.3 Å². The van der Waals surface area contributed by atoms with Gasteiger partial charge in [-0.25, -0.2) is 4.79 Å². The Morgan fingerprint density at radius 2 is 2.12 bits per heavy atom. The van der Waals surface area contributed by atoms with Gasteiger partial charge >= 0.3 is 5.97 Å². The van der Waals surface area contributed by atoms with Crippen LogP contribution in [0, 0.1) is 5.92 Å². The molecule has 84 valence electrons. The third-order valence-corrected chi connectivity index (χ3v) is 3.01. The molecule has 0 unspecified atom stereocenters. The van der Waals surface area contributed by atoms with Crippen LogP contribution in [0.2, 0.25) is 0 Å². The highest BCUT2D eigenvalue weighted by Gasteiger charge is 2.18. The number of hydrogen-bond acceptors (Lipinski definition) is 2. The van der Waals surface area contributed by atoms with Gasteiger partial charge in [-0.15, -0.1) is 0 Å². The van der Waals surface area contributed by atoms with E-state index in [1.54, 1.807) is 0 Å². The lowest BCUT2D eigenvalue weighted by Gasteiger charge is -2.10. The third-order valence-electron chi connectivity index (χ3n) is 3.01. The van der Waals surface area contributed by atoms with Gasteiger partial charge in [0.2, 0.25) is 0 Å². The maximum absolute atomic E-state index is 11.4. The normalized spacial score (nSPS) is 13.6. The number of ether oxygens (including phenoxy) is 1. The minimum Gasteiger partial charge on any atom is -0.465 e. The zero-order valence-electron chi connectivity index (χ0n) is 9.91. The van der Waals surface area contributed by atoms with Crippen molar-refractivity contribution in [3.63, 3.8) is 0 Å². The molecule has 1 aliphatic carbocycles. The van der Waals surface area contributed by atoms with Crippen LogP contribution in [-0.2, 0) is 11.2 Å². The van der Waals surface area contributed by atoms with Crippen LogP contribution in [-0.4, -0.2) is 13.1 Å². The fraction of sp³-hybridized carbons (Fsp3) is 0.357. The predicted octanol–water partition coefficient (Wildman–Crippen LogP) is 3.07. The Hall–Kier alpha value is -1.57. The molecule has 2 rings (SSSR count). The van der Waals surface area contributed by atoms with E-state index in [9.17, 15) is 4.79 Å². The number of fused-ring (bicyclic) bond motifs is 1. The first-order valence-corrected chi connectivity index (χ1v) is 5.55. The van der Waals surface area contributed by atoms with E-state index < -0.39 is 0 Å². The lowest BCUT2D eigenvalue weighted by atomic mass is 9.95. The minimum absolute atomic E-state index is 0.266. The number of hydrogen-bond donors (Lipinski definition) is 0. The lowest BCUT2D eigenvalue weighted by Crippen LogP contribution is -2.03. The zero-order valence-corrected chi connectivity index (χ0v) is 9.91. The molecule has 1 aromatic rings. The molecule has 1 aliphatic rings. The van der Waals surface area contributed by atoms with Crippen molar-refractivity contribution in [2.45, 2.75) is 20.3 Å². The Kier molecular flexibility index (Phi) is 2.82. The van der Waals surface area contributed by atoms with Crippen LogP contribution in [0.5, 0.6) is 0 Å². The van der Waals surface area contributed by atoms with E-state index >= 15 is 0 Å². The van der Waals surface area contributed by atoms with Gasteiger partial charge in [0, 0.05) is 0 Å². The molecule has 0 N–H and O–H groups in total. The van der Waals surface area contributed by atoms with E-state index in [4.69, 9.17) is 4.74 Å². The molecule has 0 aromatic heterocycles. The topological polar surface area (TPSA) is 26.3 Å². The van der Waals surface area contributed by atoms with E-state index in [-0.39, 0.29) is 5.97 Å². The lowest BCUT2D eigenvalue weighted by molar-refractivity contribution is 0.0600. The summed E-state index contributed by atoms with van der Waals surface area (Å²) in [6.45, 7) is 4.34. The van der Waals surface area contributed by atoms with E-state index in [2.05, 4.69) is 19.9 Å². The Bertz CT molecular complexity index is 456. The van der Waals surface area contributed by atoms with Crippen molar-refractivity contribution in [1.29, 1.82) is 0 Å². The van der Waals surface area contributed by atoms with Gasteiger partial charge in [-0.05, 0) is 41.2 Å². The van der Waals surface area contributed by atoms with Gasteiger partial charge in [-0.1, -0.05) is 26.0 Å². The molecule has 0 radical (unpaired) electrons. The van der Waals surface area contributed by atoms with Crippen molar-refractivity contribution in [1.82, 2.24) is 0 Å². The Morgan fingerprint density at radius 1 is 1.38 bits per heavy atom. The Morgan fingerprint density at radius 3 is 2.75 bits per heavy atom. The summed E-state index contributed by atoms with van der Waals surface area (Å²) in [5.74, 6) is 0.229. The van der Waals surface area contributed by atoms with E-state index in [0.717, 1.165) is 6.42 Å². The highest BCUT2D eigenvalue weighted by Crippen LogP contribution is 2.33. The molecule has 16 heavy (non-hydrogen) atoms. The summed E-state index contributed by atoms with van der Waals surface area (Å²) in [6.07, 6.45) is 3.22. The molecule has 0 aliphatic heterocycles. The van der Waals surface area contributed by atoms with Crippen molar-refractivity contribution >= 4 is 11.5 Å². The number of benzene rings is 1. The van der Waals surface area contributed by atoms with E-state index in [1.807, 2.05) is 18.2 Å². The maximum Gasteiger partial charge on any atom is 0.337 e. The zero-order chi connectivity index (χ0) is 11.7. The molecule has 0 fully saturated rings. The largest absolute Gasteiger partial charge is 0.465 e. The number of rotatable bonds is 2. The van der Waals surface area contributed by atoms with E-state index in [0.29, 0.717) is 11.5 Å². The molecular formula is C14H16O2. The first kappa shape index (κ1) is 10.9. The van der Waals surface area contributed by atoms with E-state index in [1.165, 1.54) is 23.8 Å². The highest BCUT2D eigenvalue weighted by molar-refractivity contribution is 5.91. The summed E-state index contributed by atoms with van der Waals surface area (Å²) in [5.41, 5.74) is 4.48. The first-order chi connectivity index (χ1) is 7.63. The van der Waals surface area contributed by atoms with Crippen molar-refractivity contribution in [3.05, 3.63) is 41.0 Å². The first-order valence-electron chi connectivity index (χ1n) is 5.55. The number of carbonyl (C=O) groups excluding carboxylic acids is 1. The summed E-state index contributed by atoms with van der Waals surface area (Å²) >= 11 is 0. The maximum atomic E-state index is 11.4. The molecule has 2 heteroatoms. The summed E-state index contributed by atoms with van der Waals surface area (Å²) < 4.78 is 4.73. The second-order valence-electron chi connectivity index (χ2n) is 4.38. The van der Waals surface area contributed by atoms with Gasteiger partial charge in [-0.2, -0.15) is 0 Å². The van der Waals surface area contributed by atoms with Gasteiger partial charge in [0.15, 0.2) is 0 Å². The Balaban J connectivity index is 2.42. The van der Waals surface area contributed by atoms with Crippen molar-refractivity contribution in [2.75, 3.05) is 7.11 Å². The average Bonchev–Trinajstić information content (AvgIpc) is 2.70. The molecule has 0 atom stereocenters. The second kappa shape index (κ2) is 4.12. The molecule has 2 nitrogen and oxygen atoms in total. The molecule has 0 saturated carbocycles. The molecule has 0 saturated heterocycles. The van der Waals surface area contributed by atoms with Gasteiger partial charge in [0.05, 0.1) is 12.7 Å². The Labute approximate surface area is 95.9 Å². The molecule has 0 bridgehead atoms. The van der Waals surface area contributed by atoms with Crippen LogP contribution >= 0.6 is 0 Å². The highest BCUT2D eigenvalue weighted by atomic mass is 16.5. The van der Waals surface area contributed by atoms with Crippen LogP contribution in [0.4, 0.5) is 0 Å². The smallest absolute Gasteiger partial charge is 0.337 e. The van der Waals surface area contributed by atoms with Crippen LogP contribution in [0.3, 0.4) is 0 Å². The average molecular weight is 216 g/mol. The minimum atomic E-state index is -0.266. The van der Waals surface area contributed by atoms with Crippen LogP contribution in [0.25, 0.3) is 5.57 Å². The fourth-order valence-corrected chi connectivity index (χ4v) is 2.14. The summed E-state index contributed by atoms with van der Waals surface area (Å²) in [4.78, 5) is 11.4. The number of methoxy groups -OCH3 is 1. The molecule has 0 spiro atoms. The van der Waals surface area contributed by atoms with Crippen LogP contribution < -0.4 is 0 Å². The number of esters is 1. The van der Waals surface area contributed by atoms with Crippen molar-refractivity contribution in [2.24, 2.45) is 5.92 Å². The van der Waals surface area contributed by atoms with Gasteiger partial charge in [-0.3, -0.25) is 0 Å². The second-order valence-corrected chi connectivity index (χ2v) is 4.38. The standard InChI is InChI=1S/C14H16O2/c1-9(2)12-7-6-10-4-5-11(8-13(10)12)14(15)16-3/h4-5,7-9H,6H2,1-3H3. The van der Waals surface area contributed by atoms with Crippen molar-refractivity contribution < 1.29 is 9.53 Å². The quantitative estimate of drug-likeness (QED) is 0.710. The van der Waals surface area contributed by atoms with Gasteiger partial charge < -0.3 is 4.74 Å². The molecular weight excluding hydrogens is 200 g/mol. The SMILES string of the molecule is COC(=O)c1ccc2c(c1)C(C(C)C)=CC2. The van der Waals surface area contributed by atoms with Gasteiger partial charge in [0.25, 0.3) is 0 Å². The monoisotopic (exact) mass is 216 g/mol. The molecule has 0 amide bonds. The molecule has 1 aromatic carbocycles. The summed E-state index contributed by atoms with van der Waals surface area (Å²) in [5, 5.41) is 0. The number of allylic oxidation sites excluding steroid dienone is 2. The van der Waals surface area contributed by atoms with Gasteiger partial charge in [0.1, 0.15) is 0 Å². The van der Waals surface area contributed by atoms with Crippen LogP contribution in [0.1, 0.15) is 35.3 Å². The van der Waals surface area contributed by atoms with Crippen molar-refractivity contribution in [3.8, 4) is 0 Å². The predicted molar refractivity (Wildman–Crippen MR) is 64.3 cm³/mol. The number of carbonyl (C=O) groups is 1. The molecule has 0 heterocycles. The third kappa shape index (κ3) is 1.75. The summed E-state index contributed by atoms with van der Waals surface area (Å²) in [7, 11) is 1.41. The fourth-order valence-electron chi connectivity index (χ4n) is 2.14. The summed E-state index contributed by atoms with van der Waals surface area (Å²) in [6, 6.07) is 5.80.